The Bertz CT molecular complexity index is 131. The van der Waals surface area contributed by atoms with Gasteiger partial charge in [-0.05, 0) is 18.7 Å². The van der Waals surface area contributed by atoms with Gasteiger partial charge in [0.05, 0.1) is 0 Å². The molecule has 0 radical (unpaired) electrons. The predicted molar refractivity (Wildman–Crippen MR) is 43.2 cm³/mol. The molecule has 0 rings (SSSR count). The Hall–Kier alpha value is -0.0831. The number of hydrogen-bond acceptors (Lipinski definition) is 1. The molecule has 1 unspecified atom stereocenters. The zero-order valence-electron chi connectivity index (χ0n) is 5.78. The highest BCUT2D eigenvalue weighted by Crippen LogP contribution is 2.15. The summed E-state index contributed by atoms with van der Waals surface area (Å²) in [5, 5.41) is 0.0340. The lowest BCUT2D eigenvalue weighted by Crippen LogP contribution is -2.31. The smallest absolute Gasteiger partial charge is 0.232 e. The van der Waals surface area contributed by atoms with Crippen molar-refractivity contribution in [3.63, 3.8) is 0 Å². The molecule has 3 heteroatoms. The van der Waals surface area contributed by atoms with Crippen LogP contribution in [0, 0.1) is 0 Å². The first kappa shape index (κ1) is 8.92. The highest BCUT2D eigenvalue weighted by Gasteiger charge is 2.29. The second-order valence-electron chi connectivity index (χ2n) is 2.12. The first-order valence-electron chi connectivity index (χ1n) is 2.90. The van der Waals surface area contributed by atoms with Crippen molar-refractivity contribution in [1.82, 2.24) is 0 Å². The lowest BCUT2D eigenvalue weighted by molar-refractivity contribution is -0.108. The van der Waals surface area contributed by atoms with Gasteiger partial charge < -0.3 is 0 Å². The summed E-state index contributed by atoms with van der Waals surface area (Å²) in [5.74, 6) is 0. The number of carbonyl (C=O) groups excluding carboxylic acids is 1. The monoisotopic (exact) mass is 162 g/mol. The van der Waals surface area contributed by atoms with Crippen molar-refractivity contribution in [1.29, 1.82) is 0 Å². The molecule has 1 atom stereocenters. The van der Waals surface area contributed by atoms with Crippen molar-refractivity contribution in [3.8, 4) is 0 Å². The second kappa shape index (κ2) is 3.18. The summed E-state index contributed by atoms with van der Waals surface area (Å²) in [7, 11) is -2.07. The third kappa shape index (κ3) is 2.33. The third-order valence-corrected chi connectivity index (χ3v) is 5.28. The van der Waals surface area contributed by atoms with Crippen molar-refractivity contribution in [2.24, 2.45) is 0 Å². The highest BCUT2D eigenvalue weighted by molar-refractivity contribution is 7.36. The van der Waals surface area contributed by atoms with Gasteiger partial charge >= 0.3 is 0 Å². The van der Waals surface area contributed by atoms with E-state index in [-0.39, 0.29) is 5.41 Å². The normalized spacial score (nSPS) is 16.3. The van der Waals surface area contributed by atoms with Crippen LogP contribution in [0.5, 0.6) is 0 Å². The molecule has 0 aromatic carbocycles. The van der Waals surface area contributed by atoms with Crippen molar-refractivity contribution in [2.45, 2.75) is 19.5 Å². The van der Waals surface area contributed by atoms with Gasteiger partial charge in [0.15, 0.2) is 5.41 Å². The van der Waals surface area contributed by atoms with E-state index in [1.54, 1.807) is 0 Å². The van der Waals surface area contributed by atoms with Crippen LogP contribution < -0.4 is 0 Å². The van der Waals surface area contributed by atoms with E-state index in [1.165, 1.54) is 6.08 Å². The Morgan fingerprint density at radius 2 is 2.33 bits per heavy atom. The van der Waals surface area contributed by atoms with E-state index in [0.29, 0.717) is 0 Å². The van der Waals surface area contributed by atoms with Crippen molar-refractivity contribution in [3.05, 3.63) is 12.7 Å². The lowest BCUT2D eigenvalue weighted by Gasteiger charge is -2.10. The summed E-state index contributed by atoms with van der Waals surface area (Å²) in [6.45, 7) is 7.14. The van der Waals surface area contributed by atoms with Crippen LogP contribution in [0.2, 0.25) is 12.6 Å². The quantitative estimate of drug-likeness (QED) is 0.353. The topological polar surface area (TPSA) is 17.1 Å². The minimum atomic E-state index is -2.07. The van der Waals surface area contributed by atoms with Gasteiger partial charge in [-0.25, -0.2) is 0 Å². The van der Waals surface area contributed by atoms with Gasteiger partial charge in [0, 0.05) is 0 Å². The molecular formula is C6H11ClOSi. The van der Waals surface area contributed by atoms with Gasteiger partial charge in [0.2, 0.25) is 7.38 Å². The molecule has 1 nitrogen and oxygen atoms in total. The number of allylic oxidation sites excluding steroid dienone is 1. The summed E-state index contributed by atoms with van der Waals surface area (Å²) in [5.41, 5.74) is 0. The first-order valence-corrected chi connectivity index (χ1v) is 6.62. The molecule has 0 aliphatic heterocycles. The van der Waals surface area contributed by atoms with Crippen molar-refractivity contribution >= 4 is 23.9 Å². The Kier molecular flexibility index (Phi) is 3.15. The van der Waals surface area contributed by atoms with Gasteiger partial charge in [-0.3, -0.25) is 4.79 Å². The van der Waals surface area contributed by atoms with E-state index in [0.717, 1.165) is 6.04 Å². The summed E-state index contributed by atoms with van der Waals surface area (Å²) in [6, 6.07) is 0.777. The van der Waals surface area contributed by atoms with Crippen molar-refractivity contribution in [2.75, 3.05) is 0 Å². The lowest BCUT2D eigenvalue weighted by atomic mass is 10.7. The Morgan fingerprint density at radius 3 is 2.44 bits per heavy atom. The zero-order valence-corrected chi connectivity index (χ0v) is 7.53. The largest absolute Gasteiger partial charge is 0.299 e. The predicted octanol–water partition coefficient (Wildman–Crippen LogP) is 2.11. The molecule has 0 saturated carbocycles. The molecule has 9 heavy (non-hydrogen) atoms. The second-order valence-corrected chi connectivity index (χ2v) is 8.22. The Labute approximate surface area is 61.4 Å². The van der Waals surface area contributed by atoms with Gasteiger partial charge in [0.25, 0.3) is 0 Å². The average Bonchev–Trinajstić information content (AvgIpc) is 1.86. The number of hydrogen-bond donors (Lipinski definition) is 0. The van der Waals surface area contributed by atoms with Crippen molar-refractivity contribution < 1.29 is 4.79 Å². The SMILES string of the molecule is C=CC(=O)[Si](C)(Cl)CC. The molecule has 0 aliphatic carbocycles. The summed E-state index contributed by atoms with van der Waals surface area (Å²) in [6.07, 6.45) is 1.32. The number of halogens is 1. The molecule has 0 aromatic heterocycles. The molecule has 0 spiro atoms. The van der Waals surface area contributed by atoms with Gasteiger partial charge in [-0.15, -0.1) is 0 Å². The first-order chi connectivity index (χ1) is 4.04. The Balaban J connectivity index is 4.13. The highest BCUT2D eigenvalue weighted by atomic mass is 35.6. The van der Waals surface area contributed by atoms with Gasteiger partial charge in [-0.2, -0.15) is 11.1 Å². The van der Waals surface area contributed by atoms with E-state index in [2.05, 4.69) is 6.58 Å². The van der Waals surface area contributed by atoms with Crippen LogP contribution >= 0.6 is 11.1 Å². The maximum atomic E-state index is 10.9. The summed E-state index contributed by atoms with van der Waals surface area (Å²) >= 11 is 5.89. The fourth-order valence-electron chi connectivity index (χ4n) is 0.387. The zero-order chi connectivity index (χ0) is 7.49. The van der Waals surface area contributed by atoms with Crippen LogP contribution in [0.4, 0.5) is 0 Å². The molecule has 0 saturated heterocycles. The minimum absolute atomic E-state index is 0.0340. The Morgan fingerprint density at radius 1 is 1.89 bits per heavy atom. The standard InChI is InChI=1S/C6H11ClOSi/c1-4-6(8)9(3,7)5-2/h4H,1,5H2,2-3H3. The van der Waals surface area contributed by atoms with Crippen LogP contribution in [0.1, 0.15) is 6.92 Å². The van der Waals surface area contributed by atoms with Gasteiger partial charge in [-0.1, -0.05) is 13.5 Å². The van der Waals surface area contributed by atoms with E-state index < -0.39 is 7.38 Å². The molecule has 0 N–H and O–H groups in total. The number of rotatable bonds is 3. The molecular weight excluding hydrogens is 152 g/mol. The summed E-state index contributed by atoms with van der Waals surface area (Å²) in [4.78, 5) is 10.9. The van der Waals surface area contributed by atoms with Gasteiger partial charge in [0.1, 0.15) is 0 Å². The van der Waals surface area contributed by atoms with Crippen LogP contribution in [-0.2, 0) is 4.79 Å². The molecule has 52 valence electrons. The molecule has 0 aromatic rings. The summed E-state index contributed by atoms with van der Waals surface area (Å²) < 4.78 is 0. The van der Waals surface area contributed by atoms with Crippen LogP contribution in [-0.4, -0.2) is 12.8 Å². The van der Waals surface area contributed by atoms with E-state index in [4.69, 9.17) is 11.1 Å². The fraction of sp³-hybridized carbons (Fsp3) is 0.500. The van der Waals surface area contributed by atoms with Crippen LogP contribution in [0.25, 0.3) is 0 Å². The van der Waals surface area contributed by atoms with E-state index in [1.807, 2.05) is 13.5 Å². The molecule has 0 amide bonds. The van der Waals surface area contributed by atoms with E-state index >= 15 is 0 Å². The minimum Gasteiger partial charge on any atom is -0.299 e. The maximum absolute atomic E-state index is 10.9. The molecule has 0 aliphatic rings. The number of carbonyl (C=O) groups is 1. The molecule has 0 fully saturated rings. The molecule has 0 heterocycles. The average molecular weight is 163 g/mol. The maximum Gasteiger partial charge on any atom is 0.232 e. The molecule has 0 bridgehead atoms. The van der Waals surface area contributed by atoms with Crippen LogP contribution in [0.15, 0.2) is 12.7 Å². The fourth-order valence-corrected chi connectivity index (χ4v) is 1.39. The third-order valence-electron chi connectivity index (χ3n) is 1.36. The van der Waals surface area contributed by atoms with E-state index in [9.17, 15) is 4.79 Å². The van der Waals surface area contributed by atoms with Crippen LogP contribution in [0.3, 0.4) is 0 Å².